The number of halogens is 1. The molecule has 0 amide bonds. The number of benzene rings is 1. The molecule has 0 radical (unpaired) electrons. The van der Waals surface area contributed by atoms with Crippen molar-refractivity contribution in [3.63, 3.8) is 0 Å². The molecule has 0 fully saturated rings. The maximum absolute atomic E-state index is 3.65. The SMILES string of the molecule is CC1(CBr)CSc2ccc3ccccc3[n+]21. The molecular weight excluding hydrogens is 282 g/mol. The van der Waals surface area contributed by atoms with Gasteiger partial charge in [-0.05, 0) is 23.9 Å². The number of para-hydroxylation sites is 1. The third kappa shape index (κ3) is 1.41. The minimum atomic E-state index is 0.195. The van der Waals surface area contributed by atoms with Gasteiger partial charge in [0.15, 0.2) is 5.54 Å². The molecule has 3 heteroatoms. The molecule has 1 unspecified atom stereocenters. The predicted molar refractivity (Wildman–Crippen MR) is 72.3 cm³/mol. The third-order valence-electron chi connectivity index (χ3n) is 3.16. The highest BCUT2D eigenvalue weighted by molar-refractivity contribution is 9.09. The molecule has 0 N–H and O–H groups in total. The van der Waals surface area contributed by atoms with Crippen LogP contribution < -0.4 is 4.57 Å². The predicted octanol–water partition coefficient (Wildman–Crippen LogP) is 3.34. The standard InChI is InChI=1S/C13H13BrNS/c1-13(8-14)9-16-12-7-6-10-4-2-3-5-11(10)15(12)13/h2-7H,8-9H2,1H3/q+1. The van der Waals surface area contributed by atoms with E-state index in [1.807, 2.05) is 11.8 Å². The van der Waals surface area contributed by atoms with Crippen LogP contribution in [0.5, 0.6) is 0 Å². The van der Waals surface area contributed by atoms with E-state index in [1.165, 1.54) is 15.9 Å². The zero-order valence-corrected chi connectivity index (χ0v) is 11.5. The van der Waals surface area contributed by atoms with Gasteiger partial charge in [0.25, 0.3) is 0 Å². The number of fused-ring (bicyclic) bond motifs is 3. The molecule has 82 valence electrons. The summed E-state index contributed by atoms with van der Waals surface area (Å²) in [7, 11) is 0. The highest BCUT2D eigenvalue weighted by Crippen LogP contribution is 2.33. The Morgan fingerprint density at radius 2 is 2.12 bits per heavy atom. The van der Waals surface area contributed by atoms with Crippen molar-refractivity contribution in [3.05, 3.63) is 36.4 Å². The van der Waals surface area contributed by atoms with E-state index in [0.717, 1.165) is 11.1 Å². The van der Waals surface area contributed by atoms with Gasteiger partial charge in [0, 0.05) is 24.4 Å². The maximum Gasteiger partial charge on any atom is 0.241 e. The second-order valence-corrected chi connectivity index (χ2v) is 6.04. The molecule has 1 atom stereocenters. The van der Waals surface area contributed by atoms with Crippen molar-refractivity contribution >= 4 is 38.6 Å². The Hall–Kier alpha value is -0.540. The molecule has 3 rings (SSSR count). The molecule has 1 aromatic carbocycles. The van der Waals surface area contributed by atoms with Gasteiger partial charge in [-0.2, -0.15) is 4.57 Å². The van der Waals surface area contributed by atoms with Crippen LogP contribution in [0.25, 0.3) is 10.9 Å². The smallest absolute Gasteiger partial charge is 0.179 e. The van der Waals surface area contributed by atoms with Crippen LogP contribution in [0.4, 0.5) is 0 Å². The Balaban J connectivity index is 2.37. The zero-order valence-electron chi connectivity index (χ0n) is 9.11. The summed E-state index contributed by atoms with van der Waals surface area (Å²) in [5.41, 5.74) is 1.54. The van der Waals surface area contributed by atoms with Crippen molar-refractivity contribution in [2.75, 3.05) is 11.1 Å². The number of nitrogens with zero attached hydrogens (tertiary/aromatic N) is 1. The molecule has 1 aliphatic rings. The van der Waals surface area contributed by atoms with Crippen LogP contribution in [0.15, 0.2) is 41.4 Å². The average Bonchev–Trinajstić information content (AvgIpc) is 2.68. The first-order valence-corrected chi connectivity index (χ1v) is 7.48. The molecule has 0 spiro atoms. The first-order chi connectivity index (χ1) is 7.74. The fourth-order valence-electron chi connectivity index (χ4n) is 2.25. The van der Waals surface area contributed by atoms with Crippen molar-refractivity contribution in [1.29, 1.82) is 0 Å². The molecule has 16 heavy (non-hydrogen) atoms. The maximum atomic E-state index is 3.65. The Morgan fingerprint density at radius 3 is 2.94 bits per heavy atom. The lowest BCUT2D eigenvalue weighted by molar-refractivity contribution is -0.755. The monoisotopic (exact) mass is 294 g/mol. The highest BCUT2D eigenvalue weighted by atomic mass is 79.9. The van der Waals surface area contributed by atoms with E-state index in [-0.39, 0.29) is 5.54 Å². The van der Waals surface area contributed by atoms with Crippen LogP contribution in [0.1, 0.15) is 6.92 Å². The van der Waals surface area contributed by atoms with Gasteiger partial charge in [0.1, 0.15) is 0 Å². The van der Waals surface area contributed by atoms with Gasteiger partial charge in [-0.3, -0.25) is 0 Å². The Labute approximate surface area is 108 Å². The van der Waals surface area contributed by atoms with Crippen molar-refractivity contribution < 1.29 is 4.57 Å². The lowest BCUT2D eigenvalue weighted by Gasteiger charge is -2.16. The summed E-state index contributed by atoms with van der Waals surface area (Å²) < 4.78 is 2.47. The Kier molecular flexibility index (Phi) is 2.48. The number of alkyl halides is 1. The summed E-state index contributed by atoms with van der Waals surface area (Å²) in [6, 6.07) is 13.1. The lowest BCUT2D eigenvalue weighted by atomic mass is 10.1. The van der Waals surface area contributed by atoms with E-state index in [4.69, 9.17) is 0 Å². The minimum absolute atomic E-state index is 0.195. The quantitative estimate of drug-likeness (QED) is 0.576. The summed E-state index contributed by atoms with van der Waals surface area (Å²) in [6.07, 6.45) is 0. The third-order valence-corrected chi connectivity index (χ3v) is 5.75. The zero-order chi connectivity index (χ0) is 11.2. The van der Waals surface area contributed by atoms with Gasteiger partial charge < -0.3 is 0 Å². The van der Waals surface area contributed by atoms with E-state index in [0.29, 0.717) is 0 Å². The molecule has 1 nitrogen and oxygen atoms in total. The number of pyridine rings is 1. The summed E-state index contributed by atoms with van der Waals surface area (Å²) in [6.45, 7) is 2.32. The number of aromatic nitrogens is 1. The van der Waals surface area contributed by atoms with Gasteiger partial charge in [-0.15, -0.1) is 0 Å². The van der Waals surface area contributed by atoms with Crippen LogP contribution >= 0.6 is 27.7 Å². The molecular formula is C13H13BrNS+. The van der Waals surface area contributed by atoms with Gasteiger partial charge in [0.2, 0.25) is 10.5 Å². The second kappa shape index (κ2) is 3.74. The van der Waals surface area contributed by atoms with Crippen molar-refractivity contribution in [2.45, 2.75) is 17.5 Å². The number of hydrogen-bond donors (Lipinski definition) is 0. The fraction of sp³-hybridized carbons (Fsp3) is 0.308. The molecule has 0 bridgehead atoms. The highest BCUT2D eigenvalue weighted by Gasteiger charge is 2.43. The number of hydrogen-bond acceptors (Lipinski definition) is 1. The van der Waals surface area contributed by atoms with Crippen LogP contribution in [0.2, 0.25) is 0 Å². The Morgan fingerprint density at radius 1 is 1.31 bits per heavy atom. The van der Waals surface area contributed by atoms with Crippen LogP contribution in [-0.4, -0.2) is 11.1 Å². The Bertz CT molecular complexity index is 555. The summed E-state index contributed by atoms with van der Waals surface area (Å²) in [5, 5.41) is 3.69. The van der Waals surface area contributed by atoms with E-state index < -0.39 is 0 Å². The number of rotatable bonds is 1. The largest absolute Gasteiger partial charge is 0.241 e. The van der Waals surface area contributed by atoms with Gasteiger partial charge >= 0.3 is 0 Å². The van der Waals surface area contributed by atoms with Crippen LogP contribution in [-0.2, 0) is 5.54 Å². The first kappa shape index (κ1) is 10.6. The molecule has 2 aromatic rings. The van der Waals surface area contributed by atoms with Gasteiger partial charge in [-0.25, -0.2) is 0 Å². The fourth-order valence-corrected chi connectivity index (χ4v) is 4.26. The molecule has 1 aromatic heterocycles. The second-order valence-electron chi connectivity index (χ2n) is 4.49. The van der Waals surface area contributed by atoms with E-state index in [2.05, 4.69) is 63.8 Å². The lowest BCUT2D eigenvalue weighted by Crippen LogP contribution is -2.55. The number of thioether (sulfide) groups is 1. The van der Waals surface area contributed by atoms with Crippen LogP contribution in [0, 0.1) is 0 Å². The summed E-state index contributed by atoms with van der Waals surface area (Å²) >= 11 is 5.60. The normalized spacial score (nSPS) is 23.6. The average molecular weight is 295 g/mol. The first-order valence-electron chi connectivity index (χ1n) is 5.38. The molecule has 2 heterocycles. The topological polar surface area (TPSA) is 3.88 Å². The van der Waals surface area contributed by atoms with Gasteiger partial charge in [-0.1, -0.05) is 28.1 Å². The molecule has 1 aliphatic heterocycles. The van der Waals surface area contributed by atoms with E-state index in [1.54, 1.807) is 0 Å². The van der Waals surface area contributed by atoms with E-state index >= 15 is 0 Å². The molecule has 0 saturated carbocycles. The van der Waals surface area contributed by atoms with Crippen LogP contribution in [0.3, 0.4) is 0 Å². The minimum Gasteiger partial charge on any atom is -0.179 e. The molecule has 0 saturated heterocycles. The molecule has 0 aliphatic carbocycles. The summed E-state index contributed by atoms with van der Waals surface area (Å²) in [5.74, 6) is 1.15. The van der Waals surface area contributed by atoms with Crippen molar-refractivity contribution in [2.24, 2.45) is 0 Å². The van der Waals surface area contributed by atoms with E-state index in [9.17, 15) is 0 Å². The van der Waals surface area contributed by atoms with Crippen molar-refractivity contribution in [3.8, 4) is 0 Å². The van der Waals surface area contributed by atoms with Crippen molar-refractivity contribution in [1.82, 2.24) is 0 Å². The van der Waals surface area contributed by atoms with Gasteiger partial charge in [0.05, 0.1) is 11.1 Å². The summed E-state index contributed by atoms with van der Waals surface area (Å²) in [4.78, 5) is 0.